The van der Waals surface area contributed by atoms with E-state index in [0.717, 1.165) is 11.8 Å². The van der Waals surface area contributed by atoms with Crippen LogP contribution < -0.4 is 0 Å². The van der Waals surface area contributed by atoms with E-state index in [0.29, 0.717) is 0 Å². The maximum absolute atomic E-state index is 2.69. The van der Waals surface area contributed by atoms with Crippen LogP contribution in [0.2, 0.25) is 0 Å². The minimum atomic E-state index is 0.992. The molecule has 0 aliphatic carbocycles. The summed E-state index contributed by atoms with van der Waals surface area (Å²) in [6.45, 7) is 11.1. The predicted octanol–water partition coefficient (Wildman–Crippen LogP) is 3.54. The molecular weight excluding hydrogens is 170 g/mol. The van der Waals surface area contributed by atoms with Crippen molar-refractivity contribution in [2.24, 2.45) is 11.8 Å². The highest BCUT2D eigenvalue weighted by Crippen LogP contribution is 2.29. The Morgan fingerprint density at radius 2 is 1.71 bits per heavy atom. The van der Waals surface area contributed by atoms with E-state index in [-0.39, 0.29) is 0 Å². The Morgan fingerprint density at radius 1 is 1.00 bits per heavy atom. The number of likely N-dealkylation sites (tertiary alicyclic amines) is 1. The van der Waals surface area contributed by atoms with Gasteiger partial charge in [-0.15, -0.1) is 0 Å². The first-order valence-corrected chi connectivity index (χ1v) is 6.54. The molecule has 0 N–H and O–H groups in total. The van der Waals surface area contributed by atoms with E-state index in [4.69, 9.17) is 0 Å². The molecule has 1 fully saturated rings. The SMILES string of the molecule is CCCCN1CC(CC)C(CCC)C1. The third-order valence-corrected chi connectivity index (χ3v) is 3.66. The van der Waals surface area contributed by atoms with Crippen LogP contribution in [0.4, 0.5) is 0 Å². The first-order chi connectivity index (χ1) is 6.81. The highest BCUT2D eigenvalue weighted by Gasteiger charge is 2.29. The van der Waals surface area contributed by atoms with Crippen molar-refractivity contribution in [2.75, 3.05) is 19.6 Å². The molecular formula is C13H27N. The number of hydrogen-bond donors (Lipinski definition) is 0. The first kappa shape index (κ1) is 12.0. The van der Waals surface area contributed by atoms with E-state index >= 15 is 0 Å². The maximum atomic E-state index is 2.69. The molecule has 0 aromatic rings. The molecule has 1 rings (SSSR count). The molecule has 1 saturated heterocycles. The quantitative estimate of drug-likeness (QED) is 0.629. The minimum Gasteiger partial charge on any atom is -0.303 e. The summed E-state index contributed by atoms with van der Waals surface area (Å²) in [5, 5.41) is 0. The Kier molecular flexibility index (Phi) is 5.54. The van der Waals surface area contributed by atoms with Crippen molar-refractivity contribution < 1.29 is 0 Å². The Labute approximate surface area is 89.9 Å². The lowest BCUT2D eigenvalue weighted by Gasteiger charge is -2.14. The summed E-state index contributed by atoms with van der Waals surface area (Å²) in [7, 11) is 0. The lowest BCUT2D eigenvalue weighted by Crippen LogP contribution is -2.22. The first-order valence-electron chi connectivity index (χ1n) is 6.54. The van der Waals surface area contributed by atoms with Crippen LogP contribution in [0.15, 0.2) is 0 Å². The molecule has 0 radical (unpaired) electrons. The lowest BCUT2D eigenvalue weighted by atomic mass is 9.90. The van der Waals surface area contributed by atoms with Gasteiger partial charge in [0.05, 0.1) is 0 Å². The normalized spacial score (nSPS) is 28.5. The summed E-state index contributed by atoms with van der Waals surface area (Å²) in [6, 6.07) is 0. The zero-order valence-electron chi connectivity index (χ0n) is 10.3. The van der Waals surface area contributed by atoms with Crippen LogP contribution in [-0.2, 0) is 0 Å². The van der Waals surface area contributed by atoms with Gasteiger partial charge in [-0.1, -0.05) is 40.0 Å². The van der Waals surface area contributed by atoms with Crippen LogP contribution >= 0.6 is 0 Å². The van der Waals surface area contributed by atoms with Crippen molar-refractivity contribution >= 4 is 0 Å². The van der Waals surface area contributed by atoms with Gasteiger partial charge in [-0.3, -0.25) is 0 Å². The molecule has 2 unspecified atom stereocenters. The lowest BCUT2D eigenvalue weighted by molar-refractivity contribution is 0.313. The smallest absolute Gasteiger partial charge is 0.00129 e. The molecule has 1 heteroatoms. The van der Waals surface area contributed by atoms with Gasteiger partial charge in [0.25, 0.3) is 0 Å². The summed E-state index contributed by atoms with van der Waals surface area (Å²) < 4.78 is 0. The van der Waals surface area contributed by atoms with Gasteiger partial charge in [0.2, 0.25) is 0 Å². The Balaban J connectivity index is 2.31. The molecule has 0 aromatic heterocycles. The van der Waals surface area contributed by atoms with E-state index in [9.17, 15) is 0 Å². The molecule has 1 nitrogen and oxygen atoms in total. The molecule has 1 heterocycles. The average Bonchev–Trinajstić information content (AvgIpc) is 2.58. The monoisotopic (exact) mass is 197 g/mol. The summed E-state index contributed by atoms with van der Waals surface area (Å²) in [5.74, 6) is 1.99. The van der Waals surface area contributed by atoms with Gasteiger partial charge >= 0.3 is 0 Å². The fraction of sp³-hybridized carbons (Fsp3) is 1.00. The molecule has 14 heavy (non-hydrogen) atoms. The van der Waals surface area contributed by atoms with Crippen molar-refractivity contribution in [3.05, 3.63) is 0 Å². The topological polar surface area (TPSA) is 3.24 Å². The van der Waals surface area contributed by atoms with Crippen LogP contribution in [0.5, 0.6) is 0 Å². The molecule has 2 atom stereocenters. The Morgan fingerprint density at radius 3 is 2.29 bits per heavy atom. The Hall–Kier alpha value is -0.0400. The third-order valence-electron chi connectivity index (χ3n) is 3.66. The molecule has 0 amide bonds. The zero-order valence-corrected chi connectivity index (χ0v) is 10.3. The summed E-state index contributed by atoms with van der Waals surface area (Å²) in [5.41, 5.74) is 0. The van der Waals surface area contributed by atoms with Crippen molar-refractivity contribution in [3.8, 4) is 0 Å². The fourth-order valence-corrected chi connectivity index (χ4v) is 2.76. The minimum absolute atomic E-state index is 0.992. The van der Waals surface area contributed by atoms with Gasteiger partial charge in [0, 0.05) is 13.1 Å². The van der Waals surface area contributed by atoms with Crippen LogP contribution in [0.3, 0.4) is 0 Å². The molecule has 0 saturated carbocycles. The van der Waals surface area contributed by atoms with Gasteiger partial charge in [-0.2, -0.15) is 0 Å². The second kappa shape index (κ2) is 6.44. The summed E-state index contributed by atoms with van der Waals surface area (Å²) >= 11 is 0. The van der Waals surface area contributed by atoms with Gasteiger partial charge in [0.1, 0.15) is 0 Å². The van der Waals surface area contributed by atoms with Crippen molar-refractivity contribution in [2.45, 2.75) is 52.9 Å². The number of rotatable bonds is 6. The number of hydrogen-bond acceptors (Lipinski definition) is 1. The van der Waals surface area contributed by atoms with E-state index in [1.165, 1.54) is 51.7 Å². The second-order valence-corrected chi connectivity index (χ2v) is 4.83. The number of unbranched alkanes of at least 4 members (excludes halogenated alkanes) is 1. The van der Waals surface area contributed by atoms with Crippen LogP contribution in [-0.4, -0.2) is 24.5 Å². The van der Waals surface area contributed by atoms with Crippen LogP contribution in [0, 0.1) is 11.8 Å². The van der Waals surface area contributed by atoms with Gasteiger partial charge in [-0.25, -0.2) is 0 Å². The summed E-state index contributed by atoms with van der Waals surface area (Å²) in [4.78, 5) is 2.69. The molecule has 0 aromatic carbocycles. The van der Waals surface area contributed by atoms with E-state index in [1.54, 1.807) is 0 Å². The third kappa shape index (κ3) is 3.27. The second-order valence-electron chi connectivity index (χ2n) is 4.83. The fourth-order valence-electron chi connectivity index (χ4n) is 2.76. The Bertz CT molecular complexity index is 144. The molecule has 84 valence electrons. The van der Waals surface area contributed by atoms with Crippen molar-refractivity contribution in [3.63, 3.8) is 0 Å². The maximum Gasteiger partial charge on any atom is 0.00129 e. The van der Waals surface area contributed by atoms with E-state index in [1.807, 2.05) is 0 Å². The average molecular weight is 197 g/mol. The standard InChI is InChI=1S/C13H27N/c1-4-7-9-14-10-12(6-3)13(11-14)8-5-2/h12-13H,4-11H2,1-3H3. The highest BCUT2D eigenvalue weighted by atomic mass is 15.1. The molecule has 0 bridgehead atoms. The predicted molar refractivity (Wildman–Crippen MR) is 63.5 cm³/mol. The van der Waals surface area contributed by atoms with E-state index < -0.39 is 0 Å². The molecule has 1 aliphatic heterocycles. The van der Waals surface area contributed by atoms with E-state index in [2.05, 4.69) is 25.7 Å². The largest absolute Gasteiger partial charge is 0.303 e. The molecule has 0 spiro atoms. The number of nitrogens with zero attached hydrogens (tertiary/aromatic N) is 1. The van der Waals surface area contributed by atoms with Gasteiger partial charge in [-0.05, 0) is 31.2 Å². The van der Waals surface area contributed by atoms with Gasteiger partial charge < -0.3 is 4.90 Å². The van der Waals surface area contributed by atoms with Crippen LogP contribution in [0.1, 0.15) is 52.9 Å². The molecule has 1 aliphatic rings. The van der Waals surface area contributed by atoms with Crippen molar-refractivity contribution in [1.82, 2.24) is 4.90 Å². The van der Waals surface area contributed by atoms with Crippen molar-refractivity contribution in [1.29, 1.82) is 0 Å². The zero-order chi connectivity index (χ0) is 10.4. The highest BCUT2D eigenvalue weighted by molar-refractivity contribution is 4.82. The summed E-state index contributed by atoms with van der Waals surface area (Å²) in [6.07, 6.45) is 6.91. The van der Waals surface area contributed by atoms with Crippen LogP contribution in [0.25, 0.3) is 0 Å². The van der Waals surface area contributed by atoms with Gasteiger partial charge in [0.15, 0.2) is 0 Å².